The molecule has 0 aliphatic heterocycles. The highest BCUT2D eigenvalue weighted by Gasteiger charge is 2.11. The normalized spacial score (nSPS) is 10.8. The molecule has 0 heterocycles. The number of alkyl halides is 2. The van der Waals surface area contributed by atoms with Crippen molar-refractivity contribution >= 4 is 23.9 Å². The van der Waals surface area contributed by atoms with Crippen molar-refractivity contribution in [2.24, 2.45) is 0 Å². The number of benzene rings is 1. The van der Waals surface area contributed by atoms with Crippen LogP contribution in [-0.4, -0.2) is 50.7 Å². The van der Waals surface area contributed by atoms with Crippen LogP contribution in [0.1, 0.15) is 19.4 Å². The SMILES string of the molecule is COc1cc(/C=C/C(=O)OCC(=O)NCC(=O)NC(C)C)ccc1OC(F)F. The zero-order valence-electron chi connectivity index (χ0n) is 15.7. The van der Waals surface area contributed by atoms with Crippen LogP contribution in [0.3, 0.4) is 0 Å². The van der Waals surface area contributed by atoms with Crippen molar-refractivity contribution in [2.45, 2.75) is 26.5 Å². The Labute approximate surface area is 160 Å². The molecule has 1 rings (SSSR count). The van der Waals surface area contributed by atoms with Crippen molar-refractivity contribution in [3.63, 3.8) is 0 Å². The third-order valence-corrected chi connectivity index (χ3v) is 3.06. The number of halogens is 2. The number of carbonyl (C=O) groups is 3. The molecule has 10 heteroatoms. The lowest BCUT2D eigenvalue weighted by Crippen LogP contribution is -2.41. The number of carbonyl (C=O) groups excluding carboxylic acids is 3. The van der Waals surface area contributed by atoms with Gasteiger partial charge in [0.1, 0.15) is 0 Å². The third kappa shape index (κ3) is 8.97. The molecule has 28 heavy (non-hydrogen) atoms. The second kappa shape index (κ2) is 11.5. The molecule has 0 aliphatic rings. The molecule has 0 fully saturated rings. The quantitative estimate of drug-likeness (QED) is 0.456. The molecule has 2 N–H and O–H groups in total. The van der Waals surface area contributed by atoms with Crippen molar-refractivity contribution in [3.8, 4) is 11.5 Å². The van der Waals surface area contributed by atoms with E-state index in [-0.39, 0.29) is 30.0 Å². The first-order chi connectivity index (χ1) is 13.2. The van der Waals surface area contributed by atoms with Crippen LogP contribution < -0.4 is 20.1 Å². The van der Waals surface area contributed by atoms with E-state index in [1.807, 2.05) is 0 Å². The van der Waals surface area contributed by atoms with Crippen molar-refractivity contribution in [3.05, 3.63) is 29.8 Å². The van der Waals surface area contributed by atoms with E-state index in [0.717, 1.165) is 6.08 Å². The van der Waals surface area contributed by atoms with Gasteiger partial charge in [0, 0.05) is 12.1 Å². The minimum Gasteiger partial charge on any atom is -0.493 e. The van der Waals surface area contributed by atoms with Crippen LogP contribution in [0.4, 0.5) is 8.78 Å². The summed E-state index contributed by atoms with van der Waals surface area (Å²) in [6.45, 7) is -0.210. The van der Waals surface area contributed by atoms with Gasteiger partial charge in [0.05, 0.1) is 13.7 Å². The maximum atomic E-state index is 12.3. The van der Waals surface area contributed by atoms with Gasteiger partial charge in [-0.2, -0.15) is 8.78 Å². The highest BCUT2D eigenvalue weighted by molar-refractivity contribution is 5.90. The van der Waals surface area contributed by atoms with Crippen LogP contribution >= 0.6 is 0 Å². The molecule has 0 radical (unpaired) electrons. The van der Waals surface area contributed by atoms with E-state index in [9.17, 15) is 23.2 Å². The number of methoxy groups -OCH3 is 1. The average molecular weight is 400 g/mol. The zero-order chi connectivity index (χ0) is 21.1. The molecular formula is C18H22F2N2O6. The molecule has 0 aromatic heterocycles. The number of amides is 2. The Balaban J connectivity index is 2.49. The third-order valence-electron chi connectivity index (χ3n) is 3.06. The van der Waals surface area contributed by atoms with E-state index in [1.54, 1.807) is 13.8 Å². The van der Waals surface area contributed by atoms with E-state index in [1.165, 1.54) is 31.4 Å². The first-order valence-corrected chi connectivity index (χ1v) is 8.25. The van der Waals surface area contributed by atoms with Gasteiger partial charge in [-0.25, -0.2) is 4.79 Å². The summed E-state index contributed by atoms with van der Waals surface area (Å²) in [5, 5.41) is 4.90. The molecule has 0 spiro atoms. The molecule has 0 bridgehead atoms. The van der Waals surface area contributed by atoms with Gasteiger partial charge >= 0.3 is 12.6 Å². The second-order valence-electron chi connectivity index (χ2n) is 5.73. The maximum absolute atomic E-state index is 12.3. The van der Waals surface area contributed by atoms with Crippen LogP contribution in [0.15, 0.2) is 24.3 Å². The van der Waals surface area contributed by atoms with Crippen LogP contribution in [0.25, 0.3) is 6.08 Å². The highest BCUT2D eigenvalue weighted by atomic mass is 19.3. The molecule has 0 aliphatic carbocycles. The van der Waals surface area contributed by atoms with Crippen LogP contribution in [-0.2, 0) is 19.1 Å². The van der Waals surface area contributed by atoms with Crippen LogP contribution in [0.2, 0.25) is 0 Å². The number of ether oxygens (including phenoxy) is 3. The number of hydrogen-bond donors (Lipinski definition) is 2. The fourth-order valence-corrected chi connectivity index (χ4v) is 1.93. The number of rotatable bonds is 10. The minimum absolute atomic E-state index is 0.0537. The fourth-order valence-electron chi connectivity index (χ4n) is 1.93. The van der Waals surface area contributed by atoms with Crippen LogP contribution in [0.5, 0.6) is 11.5 Å². The number of nitrogens with one attached hydrogen (secondary N) is 2. The van der Waals surface area contributed by atoms with Gasteiger partial charge in [-0.3, -0.25) is 9.59 Å². The molecule has 1 aromatic rings. The van der Waals surface area contributed by atoms with E-state index >= 15 is 0 Å². The molecule has 1 aromatic carbocycles. The maximum Gasteiger partial charge on any atom is 0.387 e. The molecular weight excluding hydrogens is 378 g/mol. The van der Waals surface area contributed by atoms with E-state index in [2.05, 4.69) is 15.4 Å². The van der Waals surface area contributed by atoms with Crippen molar-refractivity contribution in [1.82, 2.24) is 10.6 Å². The Bertz CT molecular complexity index is 722. The predicted molar refractivity (Wildman–Crippen MR) is 95.9 cm³/mol. The van der Waals surface area contributed by atoms with Crippen molar-refractivity contribution in [2.75, 3.05) is 20.3 Å². The first kappa shape index (κ1) is 22.9. The number of esters is 1. The Morgan fingerprint density at radius 2 is 1.86 bits per heavy atom. The molecule has 0 unspecified atom stereocenters. The highest BCUT2D eigenvalue weighted by Crippen LogP contribution is 2.29. The van der Waals surface area contributed by atoms with Crippen molar-refractivity contribution < 1.29 is 37.4 Å². The Hall–Kier alpha value is -3.17. The summed E-state index contributed by atoms with van der Waals surface area (Å²) in [6, 6.07) is 4.04. The van der Waals surface area contributed by atoms with Gasteiger partial charge in [-0.1, -0.05) is 6.07 Å². The summed E-state index contributed by atoms with van der Waals surface area (Å²) in [6.07, 6.45) is 2.41. The van der Waals surface area contributed by atoms with Gasteiger partial charge in [-0.15, -0.1) is 0 Å². The predicted octanol–water partition coefficient (Wildman–Crippen LogP) is 1.49. The summed E-state index contributed by atoms with van der Waals surface area (Å²) in [5.41, 5.74) is 0.463. The van der Waals surface area contributed by atoms with Gasteiger partial charge in [0.2, 0.25) is 5.91 Å². The summed E-state index contributed by atoms with van der Waals surface area (Å²) >= 11 is 0. The van der Waals surface area contributed by atoms with Gasteiger partial charge < -0.3 is 24.8 Å². The average Bonchev–Trinajstić information content (AvgIpc) is 2.62. The fraction of sp³-hybridized carbons (Fsp3) is 0.389. The second-order valence-corrected chi connectivity index (χ2v) is 5.73. The lowest BCUT2D eigenvalue weighted by atomic mass is 10.2. The van der Waals surface area contributed by atoms with Gasteiger partial charge in [-0.05, 0) is 37.6 Å². The zero-order valence-corrected chi connectivity index (χ0v) is 15.7. The lowest BCUT2D eigenvalue weighted by molar-refractivity contribution is -0.143. The standard InChI is InChI=1S/C18H22F2N2O6/c1-11(2)22-15(23)9-21-16(24)10-27-17(25)7-5-12-4-6-13(28-18(19)20)14(8-12)26-3/h4-8,11,18H,9-10H2,1-3H3,(H,21,24)(H,22,23)/b7-5+. The molecule has 0 saturated heterocycles. The summed E-state index contributed by atoms with van der Waals surface area (Å²) in [7, 11) is 1.29. The van der Waals surface area contributed by atoms with Gasteiger partial charge in [0.25, 0.3) is 5.91 Å². The van der Waals surface area contributed by atoms with E-state index in [4.69, 9.17) is 9.47 Å². The number of hydrogen-bond acceptors (Lipinski definition) is 6. The molecule has 0 atom stereocenters. The first-order valence-electron chi connectivity index (χ1n) is 8.25. The minimum atomic E-state index is -2.99. The van der Waals surface area contributed by atoms with E-state index in [0.29, 0.717) is 5.56 Å². The molecule has 8 nitrogen and oxygen atoms in total. The topological polar surface area (TPSA) is 103 Å². The summed E-state index contributed by atoms with van der Waals surface area (Å²) in [4.78, 5) is 34.6. The Morgan fingerprint density at radius 1 is 1.14 bits per heavy atom. The smallest absolute Gasteiger partial charge is 0.387 e. The van der Waals surface area contributed by atoms with Crippen LogP contribution in [0, 0.1) is 0 Å². The molecule has 2 amide bonds. The molecule has 154 valence electrons. The summed E-state index contributed by atoms with van der Waals surface area (Å²) in [5.74, 6) is -1.86. The van der Waals surface area contributed by atoms with E-state index < -0.39 is 25.1 Å². The van der Waals surface area contributed by atoms with Gasteiger partial charge in [0.15, 0.2) is 18.1 Å². The van der Waals surface area contributed by atoms with Crippen molar-refractivity contribution in [1.29, 1.82) is 0 Å². The monoisotopic (exact) mass is 400 g/mol. The Kier molecular flexibility index (Phi) is 9.41. The molecule has 0 saturated carbocycles. The summed E-state index contributed by atoms with van der Waals surface area (Å²) < 4.78 is 38.6. The largest absolute Gasteiger partial charge is 0.493 e. The Morgan fingerprint density at radius 3 is 2.46 bits per heavy atom. The lowest BCUT2D eigenvalue weighted by Gasteiger charge is -2.10.